The molecular weight excluding hydrogens is 302 g/mol. The molecule has 1 aliphatic heterocycles. The number of pyridine rings is 1. The van der Waals surface area contributed by atoms with E-state index in [0.717, 1.165) is 5.69 Å². The number of hydrogen-bond acceptors (Lipinski definition) is 4. The van der Waals surface area contributed by atoms with Crippen molar-refractivity contribution >= 4 is 10.0 Å². The van der Waals surface area contributed by atoms with Crippen molar-refractivity contribution in [2.75, 3.05) is 12.3 Å². The van der Waals surface area contributed by atoms with Gasteiger partial charge in [-0.15, -0.1) is 0 Å². The summed E-state index contributed by atoms with van der Waals surface area (Å²) in [6.45, 7) is 2.97. The van der Waals surface area contributed by atoms with Crippen LogP contribution in [0.3, 0.4) is 0 Å². The molecule has 0 radical (unpaired) electrons. The number of ether oxygens (including phenoxy) is 1. The maximum Gasteiger partial charge on any atom is 0.214 e. The average Bonchev–Trinajstić information content (AvgIpc) is 2.87. The molecule has 0 amide bonds. The van der Waals surface area contributed by atoms with Crippen molar-refractivity contribution in [3.63, 3.8) is 0 Å². The summed E-state index contributed by atoms with van der Waals surface area (Å²) in [7, 11) is -3.27. The minimum absolute atomic E-state index is 0.0873. The number of aromatic nitrogens is 2. The van der Waals surface area contributed by atoms with E-state index >= 15 is 0 Å². The molecule has 1 aliphatic rings. The zero-order valence-corrected chi connectivity index (χ0v) is 13.2. The molecule has 0 spiro atoms. The normalized spacial score (nSPS) is 19.4. The Kier molecular flexibility index (Phi) is 4.17. The lowest BCUT2D eigenvalue weighted by molar-refractivity contribution is 0.154. The maximum atomic E-state index is 12.3. The molecule has 6 nitrogen and oxygen atoms in total. The summed E-state index contributed by atoms with van der Waals surface area (Å²) in [5.74, 6) is 0.598. The molecule has 3 rings (SSSR count). The van der Waals surface area contributed by atoms with Gasteiger partial charge in [-0.2, -0.15) is 4.31 Å². The first-order chi connectivity index (χ1) is 10.6. The Morgan fingerprint density at radius 2 is 2.14 bits per heavy atom. The molecule has 22 heavy (non-hydrogen) atoms. The van der Waals surface area contributed by atoms with Crippen LogP contribution in [-0.4, -0.2) is 40.7 Å². The molecule has 0 saturated heterocycles. The molecule has 0 aliphatic carbocycles. The van der Waals surface area contributed by atoms with Crippen LogP contribution in [-0.2, 0) is 23.1 Å². The van der Waals surface area contributed by atoms with Gasteiger partial charge >= 0.3 is 0 Å². The summed E-state index contributed by atoms with van der Waals surface area (Å²) < 4.78 is 34.0. The van der Waals surface area contributed by atoms with Crippen molar-refractivity contribution in [3.05, 3.63) is 48.4 Å². The van der Waals surface area contributed by atoms with Gasteiger partial charge < -0.3 is 9.30 Å². The van der Waals surface area contributed by atoms with Gasteiger partial charge in [-0.3, -0.25) is 0 Å². The van der Waals surface area contributed by atoms with Crippen LogP contribution < -0.4 is 4.74 Å². The third kappa shape index (κ3) is 3.15. The Hall–Kier alpha value is -1.86. The van der Waals surface area contributed by atoms with Gasteiger partial charge in [0, 0.05) is 24.2 Å². The largest absolute Gasteiger partial charge is 0.471 e. The van der Waals surface area contributed by atoms with Gasteiger partial charge in [0.15, 0.2) is 0 Å². The molecule has 0 aromatic carbocycles. The van der Waals surface area contributed by atoms with E-state index in [9.17, 15) is 8.42 Å². The first-order valence-electron chi connectivity index (χ1n) is 7.28. The third-order valence-electron chi connectivity index (χ3n) is 3.75. The first kappa shape index (κ1) is 15.1. The molecule has 0 N–H and O–H groups in total. The highest BCUT2D eigenvalue weighted by Gasteiger charge is 2.29. The van der Waals surface area contributed by atoms with Crippen molar-refractivity contribution < 1.29 is 13.2 Å². The SMILES string of the molecule is CCS(=O)(=O)N1Cc2cccn2C[C@@H](Oc2ccccn2)C1. The Morgan fingerprint density at radius 1 is 1.27 bits per heavy atom. The van der Waals surface area contributed by atoms with E-state index in [1.165, 1.54) is 4.31 Å². The van der Waals surface area contributed by atoms with E-state index in [-0.39, 0.29) is 11.9 Å². The molecule has 2 aromatic heterocycles. The van der Waals surface area contributed by atoms with Gasteiger partial charge in [0.2, 0.25) is 15.9 Å². The Labute approximate surface area is 130 Å². The lowest BCUT2D eigenvalue weighted by Gasteiger charge is -2.23. The first-order valence-corrected chi connectivity index (χ1v) is 8.89. The zero-order valence-electron chi connectivity index (χ0n) is 12.4. The predicted octanol–water partition coefficient (Wildman–Crippen LogP) is 1.50. The highest BCUT2D eigenvalue weighted by molar-refractivity contribution is 7.89. The Morgan fingerprint density at radius 3 is 2.86 bits per heavy atom. The van der Waals surface area contributed by atoms with Crippen LogP contribution >= 0.6 is 0 Å². The van der Waals surface area contributed by atoms with Crippen molar-refractivity contribution in [3.8, 4) is 5.88 Å². The standard InChI is InChI=1S/C15H19N3O3S/c1-2-22(19,20)18-10-13-6-5-9-17(13)11-14(12-18)21-15-7-3-4-8-16-15/h3-9,14H,2,10-12H2,1H3/t14-/m1/s1. The fourth-order valence-corrected chi connectivity index (χ4v) is 3.66. The van der Waals surface area contributed by atoms with Gasteiger partial charge in [-0.05, 0) is 25.1 Å². The van der Waals surface area contributed by atoms with Crippen LogP contribution in [0.25, 0.3) is 0 Å². The summed E-state index contributed by atoms with van der Waals surface area (Å²) in [5, 5.41) is 0. The fourth-order valence-electron chi connectivity index (χ4n) is 2.58. The van der Waals surface area contributed by atoms with Gasteiger partial charge in [-0.1, -0.05) is 6.07 Å². The molecule has 3 heterocycles. The van der Waals surface area contributed by atoms with Gasteiger partial charge in [0.1, 0.15) is 6.10 Å². The van der Waals surface area contributed by atoms with E-state index in [4.69, 9.17) is 4.74 Å². The van der Waals surface area contributed by atoms with Crippen LogP contribution in [0.4, 0.5) is 0 Å². The van der Waals surface area contributed by atoms with E-state index < -0.39 is 10.0 Å². The second-order valence-corrected chi connectivity index (χ2v) is 7.51. The predicted molar refractivity (Wildman–Crippen MR) is 83.0 cm³/mol. The number of nitrogens with zero attached hydrogens (tertiary/aromatic N) is 3. The van der Waals surface area contributed by atoms with Gasteiger partial charge in [-0.25, -0.2) is 13.4 Å². The average molecular weight is 321 g/mol. The van der Waals surface area contributed by atoms with E-state index in [0.29, 0.717) is 25.5 Å². The smallest absolute Gasteiger partial charge is 0.214 e. The topological polar surface area (TPSA) is 64.4 Å². The quantitative estimate of drug-likeness (QED) is 0.856. The number of rotatable bonds is 4. The van der Waals surface area contributed by atoms with Crippen LogP contribution in [0.2, 0.25) is 0 Å². The van der Waals surface area contributed by atoms with Gasteiger partial charge in [0.25, 0.3) is 0 Å². The monoisotopic (exact) mass is 321 g/mol. The number of hydrogen-bond donors (Lipinski definition) is 0. The molecule has 7 heteroatoms. The van der Waals surface area contributed by atoms with E-state index in [2.05, 4.69) is 4.98 Å². The lowest BCUT2D eigenvalue weighted by Crippen LogP contribution is -2.39. The van der Waals surface area contributed by atoms with Crippen molar-refractivity contribution in [2.24, 2.45) is 0 Å². The summed E-state index contributed by atoms with van der Waals surface area (Å²) in [6.07, 6.45) is 3.34. The second-order valence-electron chi connectivity index (χ2n) is 5.25. The lowest BCUT2D eigenvalue weighted by atomic mass is 10.3. The molecule has 1 atom stereocenters. The minimum Gasteiger partial charge on any atom is -0.471 e. The number of sulfonamides is 1. The molecule has 2 aromatic rings. The van der Waals surface area contributed by atoms with Crippen molar-refractivity contribution in [1.29, 1.82) is 0 Å². The van der Waals surface area contributed by atoms with Crippen LogP contribution in [0, 0.1) is 0 Å². The molecule has 0 bridgehead atoms. The Bertz CT molecular complexity index is 728. The van der Waals surface area contributed by atoms with E-state index in [1.54, 1.807) is 19.2 Å². The van der Waals surface area contributed by atoms with Crippen LogP contribution in [0.1, 0.15) is 12.6 Å². The molecule has 0 unspecified atom stereocenters. The maximum absolute atomic E-state index is 12.3. The van der Waals surface area contributed by atoms with Crippen LogP contribution in [0.15, 0.2) is 42.7 Å². The molecular formula is C15H19N3O3S. The van der Waals surface area contributed by atoms with Gasteiger partial charge in [0.05, 0.1) is 25.4 Å². The highest BCUT2D eigenvalue weighted by atomic mass is 32.2. The summed E-state index contributed by atoms with van der Waals surface area (Å²) in [4.78, 5) is 4.16. The molecule has 0 fully saturated rings. The van der Waals surface area contributed by atoms with E-state index in [1.807, 2.05) is 35.0 Å². The van der Waals surface area contributed by atoms with Crippen molar-refractivity contribution in [1.82, 2.24) is 13.9 Å². The zero-order chi connectivity index (χ0) is 15.6. The fraction of sp³-hybridized carbons (Fsp3) is 0.400. The highest BCUT2D eigenvalue weighted by Crippen LogP contribution is 2.19. The number of fused-ring (bicyclic) bond motifs is 1. The molecule has 0 saturated carbocycles. The molecule has 118 valence electrons. The second kappa shape index (κ2) is 6.10. The summed E-state index contributed by atoms with van der Waals surface area (Å²) in [5.41, 5.74) is 0.976. The summed E-state index contributed by atoms with van der Waals surface area (Å²) in [6, 6.07) is 9.31. The van der Waals surface area contributed by atoms with Crippen LogP contribution in [0.5, 0.6) is 5.88 Å². The summed E-state index contributed by atoms with van der Waals surface area (Å²) >= 11 is 0. The third-order valence-corrected chi connectivity index (χ3v) is 5.55. The Balaban J connectivity index is 1.87. The minimum atomic E-state index is -3.27. The van der Waals surface area contributed by atoms with Crippen molar-refractivity contribution in [2.45, 2.75) is 26.1 Å².